The summed E-state index contributed by atoms with van der Waals surface area (Å²) in [5.41, 5.74) is 1.86. The van der Waals surface area contributed by atoms with Gasteiger partial charge in [0, 0.05) is 84.5 Å². The van der Waals surface area contributed by atoms with Gasteiger partial charge in [0.25, 0.3) is 11.1 Å². The van der Waals surface area contributed by atoms with Crippen LogP contribution in [0.4, 0.5) is 43.9 Å². The van der Waals surface area contributed by atoms with Gasteiger partial charge in [-0.1, -0.05) is 63.1 Å². The molecule has 104 heavy (non-hydrogen) atoms. The molecule has 4 atom stereocenters. The number of pyridine rings is 2. The molecule has 6 aromatic rings. The van der Waals surface area contributed by atoms with Crippen LogP contribution in [0.2, 0.25) is 0 Å². The van der Waals surface area contributed by atoms with E-state index in [1.54, 1.807) is 26.8 Å². The first-order chi connectivity index (χ1) is 47.9. The van der Waals surface area contributed by atoms with Crippen molar-refractivity contribution in [3.63, 3.8) is 0 Å². The summed E-state index contributed by atoms with van der Waals surface area (Å²) in [5.74, 6) is -10.4. The zero-order valence-electron chi connectivity index (χ0n) is 61.1. The number of hydrogen-bond donors (Lipinski definition) is 1. The van der Waals surface area contributed by atoms with Crippen LogP contribution >= 0.6 is 27.0 Å². The van der Waals surface area contributed by atoms with Crippen molar-refractivity contribution in [3.05, 3.63) is 183 Å². The van der Waals surface area contributed by atoms with Gasteiger partial charge >= 0.3 is 24.3 Å². The second-order valence-electron chi connectivity index (χ2n) is 29.6. The van der Waals surface area contributed by atoms with Gasteiger partial charge in [-0.2, -0.15) is 53.3 Å². The lowest BCUT2D eigenvalue weighted by Gasteiger charge is -2.31. The lowest BCUT2D eigenvalue weighted by atomic mass is 9.82. The van der Waals surface area contributed by atoms with E-state index in [9.17, 15) is 60.2 Å². The molecule has 12 nitrogen and oxygen atoms in total. The highest BCUT2D eigenvalue weighted by Gasteiger charge is 2.42. The number of likely N-dealkylation sites (tertiary alicyclic amines) is 2. The predicted molar refractivity (Wildman–Crippen MR) is 393 cm³/mol. The minimum absolute atomic E-state index is 0. The zero-order valence-corrected chi connectivity index (χ0v) is 63.1. The molecule has 2 saturated carbocycles. The summed E-state index contributed by atoms with van der Waals surface area (Å²) in [4.78, 5) is 84.6. The third-order valence-corrected chi connectivity index (χ3v) is 20.3. The SMILES string of the molecule is CCOC(=O)C[C@H](CC(=O)C(CC(C)C)n1cc(CCN2CCC2)c(C(F)(F)F)cc1=O)c1c(F)c(-c2c(C)cc(C)cc2C)cc(C2CC2)c1F.Cc1cc(C)c(-c2cc(C3CC3)c(F)c([C@H](CC(=O)O)CC(=O)C(CC(C)C)n3cc(CCN4CCC4)c(C(F)(F)F)cc3=O)c2F)c(C)c1.S.S. The van der Waals surface area contributed by atoms with E-state index in [0.717, 1.165) is 93.9 Å². The topological polar surface area (TPSA) is 148 Å². The number of nitrogens with zero attached hydrogens (tertiary/aromatic N) is 4. The van der Waals surface area contributed by atoms with Crippen molar-refractivity contribution in [3.8, 4) is 22.3 Å². The molecule has 568 valence electrons. The van der Waals surface area contributed by atoms with E-state index >= 15 is 17.6 Å². The Hall–Kier alpha value is -7.02. The highest BCUT2D eigenvalue weighted by atomic mass is 32.1. The molecule has 2 unspecified atom stereocenters. The van der Waals surface area contributed by atoms with Gasteiger partial charge in [-0.15, -0.1) is 0 Å². The van der Waals surface area contributed by atoms with Crippen LogP contribution in [0.5, 0.6) is 0 Å². The van der Waals surface area contributed by atoms with Gasteiger partial charge in [0.15, 0.2) is 11.6 Å². The van der Waals surface area contributed by atoms with Crippen LogP contribution in [0.15, 0.2) is 70.5 Å². The van der Waals surface area contributed by atoms with E-state index in [1.807, 2.05) is 89.5 Å². The van der Waals surface area contributed by atoms with Gasteiger partial charge in [0.1, 0.15) is 23.3 Å². The maximum atomic E-state index is 17.0. The largest absolute Gasteiger partial charge is 0.481 e. The van der Waals surface area contributed by atoms with E-state index in [0.29, 0.717) is 67.6 Å². The summed E-state index contributed by atoms with van der Waals surface area (Å²) in [7, 11) is 0. The van der Waals surface area contributed by atoms with E-state index in [2.05, 4.69) is 0 Å². The molecule has 2 aliphatic carbocycles. The van der Waals surface area contributed by atoms with Crippen LogP contribution in [0, 0.1) is 76.6 Å². The summed E-state index contributed by atoms with van der Waals surface area (Å²) in [6.07, 6.45) is -4.94. The number of carbonyl (C=O) groups excluding carboxylic acids is 3. The Bertz CT molecular complexity index is 4220. The number of carboxylic acid groups (broad SMARTS) is 1. The summed E-state index contributed by atoms with van der Waals surface area (Å²) in [6, 6.07) is 9.19. The number of aryl methyl sites for hydroxylation is 6. The Kier molecular flexibility index (Phi) is 28.5. The molecule has 4 aromatic carbocycles. The Morgan fingerprint density at radius 2 is 0.865 bits per heavy atom. The smallest absolute Gasteiger partial charge is 0.416 e. The number of hydrogen-bond acceptors (Lipinski definition) is 9. The third kappa shape index (κ3) is 20.2. The molecule has 0 bridgehead atoms. The van der Waals surface area contributed by atoms with Gasteiger partial charge < -0.3 is 28.8 Å². The van der Waals surface area contributed by atoms with Crippen molar-refractivity contribution in [1.29, 1.82) is 0 Å². The molecule has 4 fully saturated rings. The van der Waals surface area contributed by atoms with Crippen LogP contribution in [-0.2, 0) is 49.1 Å². The normalized spacial score (nSPS) is 16.0. The van der Waals surface area contributed by atoms with Gasteiger partial charge in [-0.25, -0.2) is 17.6 Å². The van der Waals surface area contributed by atoms with Crippen molar-refractivity contribution in [1.82, 2.24) is 18.9 Å². The minimum Gasteiger partial charge on any atom is -0.481 e. The number of ether oxygens (including phenoxy) is 1. The Labute approximate surface area is 616 Å². The first-order valence-electron chi connectivity index (χ1n) is 35.7. The number of alkyl halides is 6. The Morgan fingerprint density at radius 3 is 1.15 bits per heavy atom. The predicted octanol–water partition coefficient (Wildman–Crippen LogP) is 18.0. The number of halogens is 10. The number of ketones is 2. The molecular formula is C80H98F10N4O8S2. The highest BCUT2D eigenvalue weighted by Crippen LogP contribution is 2.50. The van der Waals surface area contributed by atoms with E-state index in [1.165, 1.54) is 6.07 Å². The lowest BCUT2D eigenvalue weighted by Crippen LogP contribution is -2.39. The summed E-state index contributed by atoms with van der Waals surface area (Å²) >= 11 is 0. The quantitative estimate of drug-likeness (QED) is 0.0355. The summed E-state index contributed by atoms with van der Waals surface area (Å²) in [5, 5.41) is 9.93. The van der Waals surface area contributed by atoms with Crippen LogP contribution in [0.1, 0.15) is 225 Å². The maximum Gasteiger partial charge on any atom is 0.416 e. The van der Waals surface area contributed by atoms with Crippen molar-refractivity contribution < 1.29 is 72.9 Å². The fourth-order valence-electron chi connectivity index (χ4n) is 15.0. The number of carboxylic acids is 1. The van der Waals surface area contributed by atoms with Crippen molar-refractivity contribution in [2.75, 3.05) is 45.9 Å². The maximum absolute atomic E-state index is 17.0. The standard InChI is InChI=1S/C41H49F5N2O4.C39H45F5N2O4.2H2S/c1-7-52-36(51)19-29(38-39(42)30(27-9-10-27)20-31(40(38)43)37-25(5)16-24(4)17-26(37)6)18-34(49)33(15-23(2)3)48-22-28(11-14-47-12-8-13-47)32(21-35(48)50)41(44,45)46;1-21(2)13-31(46-20-26(9-12-45-10-6-11-45)30(19-33(46)48)39(42,43)44)32(47)16-27(17-34(49)50)36-37(40)28(25-7-8-25)18-29(38(36)41)35-23(4)14-22(3)15-24(35)5;;/h16-17,20-23,27,29,33H,7-15,18-19H2,1-6H3;14-15,18-21,25,27,31H,6-13,16-17H2,1-5H3,(H,49,50);2*1H2/t29-,33?;27-,31?;;/m00../s1. The molecule has 0 spiro atoms. The van der Waals surface area contributed by atoms with Gasteiger partial charge in [0.05, 0.1) is 42.7 Å². The fraction of sp³-hybridized carbons (Fsp3) is 0.525. The van der Waals surface area contributed by atoms with Crippen molar-refractivity contribution >= 4 is 50.5 Å². The molecule has 10 rings (SSSR count). The number of aliphatic carboxylic acids is 1. The molecule has 2 aliphatic heterocycles. The lowest BCUT2D eigenvalue weighted by molar-refractivity contribution is -0.144. The molecule has 24 heteroatoms. The van der Waals surface area contributed by atoms with E-state index in [4.69, 9.17) is 4.74 Å². The molecule has 2 saturated heterocycles. The third-order valence-electron chi connectivity index (χ3n) is 20.3. The first kappa shape index (κ1) is 84.2. The van der Waals surface area contributed by atoms with Crippen LogP contribution in [0.3, 0.4) is 0 Å². The molecular weight excluding hydrogens is 1400 g/mol. The second kappa shape index (κ2) is 35.1. The first-order valence-corrected chi connectivity index (χ1v) is 35.7. The summed E-state index contributed by atoms with van der Waals surface area (Å²) < 4.78 is 159. The van der Waals surface area contributed by atoms with Crippen LogP contribution in [0.25, 0.3) is 22.3 Å². The van der Waals surface area contributed by atoms with Gasteiger partial charge in [0.2, 0.25) is 0 Å². The highest BCUT2D eigenvalue weighted by molar-refractivity contribution is 7.59. The van der Waals surface area contributed by atoms with Gasteiger partial charge in [-0.3, -0.25) is 28.8 Å². The van der Waals surface area contributed by atoms with Crippen LogP contribution < -0.4 is 11.1 Å². The second-order valence-corrected chi connectivity index (χ2v) is 29.6. The average molecular weight is 1500 g/mol. The Balaban J connectivity index is 0.000000286. The average Bonchev–Trinajstić information content (AvgIpc) is 1.62. The number of benzene rings is 4. The van der Waals surface area contributed by atoms with Gasteiger partial charge in [-0.05, 0) is 230 Å². The van der Waals surface area contributed by atoms with Crippen LogP contribution in [-0.4, -0.2) is 93.4 Å². The number of carbonyl (C=O) groups is 4. The number of aromatic nitrogens is 2. The molecule has 4 aliphatic rings. The van der Waals surface area contributed by atoms with Crippen molar-refractivity contribution in [2.24, 2.45) is 11.8 Å². The number of rotatable bonds is 29. The number of Topliss-reactive ketones (excluding diaryl/α,β-unsaturated/α-hetero) is 2. The van der Waals surface area contributed by atoms with E-state index in [-0.39, 0.29) is 111 Å². The zero-order chi connectivity index (χ0) is 74.7. The molecule has 1 N–H and O–H groups in total. The summed E-state index contributed by atoms with van der Waals surface area (Å²) in [6.45, 7) is 23.8. The Morgan fingerprint density at radius 1 is 0.519 bits per heavy atom. The molecule has 4 heterocycles. The fourth-order valence-corrected chi connectivity index (χ4v) is 15.0. The molecule has 0 radical (unpaired) electrons. The monoisotopic (exact) mass is 1500 g/mol. The van der Waals surface area contributed by atoms with E-state index < -0.39 is 142 Å². The molecule has 0 amide bonds. The number of esters is 1. The minimum atomic E-state index is -4.79. The molecule has 2 aromatic heterocycles. The van der Waals surface area contributed by atoms with Crippen molar-refractivity contribution in [2.45, 2.75) is 214 Å².